The van der Waals surface area contributed by atoms with E-state index in [2.05, 4.69) is 4.74 Å². The number of rotatable bonds is 13. The minimum Gasteiger partial charge on any atom is -0.494 e. The van der Waals surface area contributed by atoms with Crippen LogP contribution in [0.2, 0.25) is 0 Å². The fraction of sp³-hybridized carbons (Fsp3) is 0.500. The Kier molecular flexibility index (Phi) is 10.8. The summed E-state index contributed by atoms with van der Waals surface area (Å²) < 4.78 is 10.2. The first-order chi connectivity index (χ1) is 12.6. The van der Waals surface area contributed by atoms with Crippen LogP contribution in [0.1, 0.15) is 49.7 Å². The third kappa shape index (κ3) is 9.22. The second kappa shape index (κ2) is 12.9. The summed E-state index contributed by atoms with van der Waals surface area (Å²) in [5, 5.41) is 17.5. The van der Waals surface area contributed by atoms with Crippen LogP contribution in [0.3, 0.4) is 0 Å². The Morgan fingerprint density at radius 2 is 1.88 bits per heavy atom. The van der Waals surface area contributed by atoms with E-state index in [4.69, 9.17) is 14.9 Å². The summed E-state index contributed by atoms with van der Waals surface area (Å²) in [5.41, 5.74) is 1.99. The first-order valence-corrected chi connectivity index (χ1v) is 8.91. The molecule has 0 amide bonds. The Morgan fingerprint density at radius 1 is 1.12 bits per heavy atom. The molecule has 0 saturated heterocycles. The van der Waals surface area contributed by atoms with Gasteiger partial charge in [0.15, 0.2) is 0 Å². The van der Waals surface area contributed by atoms with Gasteiger partial charge in [0.2, 0.25) is 0 Å². The van der Waals surface area contributed by atoms with Crippen molar-refractivity contribution in [1.29, 1.82) is 0 Å². The summed E-state index contributed by atoms with van der Waals surface area (Å²) in [6.45, 7) is 0.550. The molecule has 0 unspecified atom stereocenters. The number of aliphatic carboxylic acids is 1. The lowest BCUT2D eigenvalue weighted by Crippen LogP contribution is -2.02. The largest absolute Gasteiger partial charge is 0.494 e. The van der Waals surface area contributed by atoms with Gasteiger partial charge < -0.3 is 19.7 Å². The Morgan fingerprint density at radius 3 is 2.58 bits per heavy atom. The summed E-state index contributed by atoms with van der Waals surface area (Å²) in [6, 6.07) is 5.68. The Hall–Kier alpha value is -2.34. The SMILES string of the molecule is COC(=O)/C=C/c1cc(OCCCC(=O)O)ccc1CCCCCCO. The molecule has 144 valence electrons. The lowest BCUT2D eigenvalue weighted by atomic mass is 10.00. The maximum absolute atomic E-state index is 11.4. The number of aliphatic hydroxyl groups is 1. The van der Waals surface area contributed by atoms with Crippen LogP contribution in [0, 0.1) is 0 Å². The van der Waals surface area contributed by atoms with Crippen molar-refractivity contribution in [3.8, 4) is 5.75 Å². The second-order valence-electron chi connectivity index (χ2n) is 5.95. The zero-order valence-corrected chi connectivity index (χ0v) is 15.3. The van der Waals surface area contributed by atoms with Crippen LogP contribution in [0.5, 0.6) is 5.75 Å². The maximum Gasteiger partial charge on any atom is 0.330 e. The molecule has 6 heteroatoms. The van der Waals surface area contributed by atoms with Crippen molar-refractivity contribution in [2.24, 2.45) is 0 Å². The van der Waals surface area contributed by atoms with Crippen LogP contribution < -0.4 is 4.74 Å². The summed E-state index contributed by atoms with van der Waals surface area (Å²) in [4.78, 5) is 21.9. The number of aryl methyl sites for hydroxylation is 1. The second-order valence-corrected chi connectivity index (χ2v) is 5.95. The first-order valence-electron chi connectivity index (χ1n) is 8.91. The molecule has 1 aromatic rings. The molecule has 0 aliphatic rings. The van der Waals surface area contributed by atoms with Gasteiger partial charge in [0.25, 0.3) is 0 Å². The fourth-order valence-corrected chi connectivity index (χ4v) is 2.47. The van der Waals surface area contributed by atoms with Gasteiger partial charge in [0.1, 0.15) is 5.75 Å². The first kappa shape index (κ1) is 21.7. The number of unbranched alkanes of at least 4 members (excludes halogenated alkanes) is 3. The number of carbonyl (C=O) groups excluding carboxylic acids is 1. The van der Waals surface area contributed by atoms with Gasteiger partial charge in [0, 0.05) is 19.1 Å². The third-order valence-electron chi connectivity index (χ3n) is 3.88. The zero-order chi connectivity index (χ0) is 19.2. The monoisotopic (exact) mass is 364 g/mol. The van der Waals surface area contributed by atoms with Gasteiger partial charge in [-0.15, -0.1) is 0 Å². The number of methoxy groups -OCH3 is 1. The van der Waals surface area contributed by atoms with E-state index in [1.165, 1.54) is 13.2 Å². The number of hydrogen-bond donors (Lipinski definition) is 2. The molecule has 0 saturated carbocycles. The van der Waals surface area contributed by atoms with Crippen molar-refractivity contribution in [3.05, 3.63) is 35.4 Å². The van der Waals surface area contributed by atoms with Crippen molar-refractivity contribution in [2.75, 3.05) is 20.3 Å². The van der Waals surface area contributed by atoms with E-state index in [-0.39, 0.29) is 13.0 Å². The molecule has 0 radical (unpaired) electrons. The quantitative estimate of drug-likeness (QED) is 0.317. The number of aliphatic hydroxyl groups excluding tert-OH is 1. The van der Waals surface area contributed by atoms with Crippen molar-refractivity contribution in [2.45, 2.75) is 44.9 Å². The molecule has 1 aromatic carbocycles. The number of ether oxygens (including phenoxy) is 2. The minimum atomic E-state index is -0.841. The maximum atomic E-state index is 11.4. The number of esters is 1. The minimum absolute atomic E-state index is 0.0705. The van der Waals surface area contributed by atoms with E-state index in [0.29, 0.717) is 18.8 Å². The van der Waals surface area contributed by atoms with Crippen LogP contribution in [0.15, 0.2) is 24.3 Å². The summed E-state index contributed by atoms with van der Waals surface area (Å²) in [7, 11) is 1.33. The predicted octanol–water partition coefficient (Wildman–Crippen LogP) is 3.21. The number of hydrogen-bond acceptors (Lipinski definition) is 5. The molecule has 26 heavy (non-hydrogen) atoms. The van der Waals surface area contributed by atoms with Gasteiger partial charge in [-0.25, -0.2) is 4.79 Å². The molecular formula is C20H28O6. The summed E-state index contributed by atoms with van der Waals surface area (Å²) in [5.74, 6) is -0.623. The number of benzene rings is 1. The van der Waals surface area contributed by atoms with Crippen molar-refractivity contribution >= 4 is 18.0 Å². The smallest absolute Gasteiger partial charge is 0.330 e. The molecule has 0 aliphatic heterocycles. The Balaban J connectivity index is 2.72. The van der Waals surface area contributed by atoms with Crippen LogP contribution in [0.4, 0.5) is 0 Å². The van der Waals surface area contributed by atoms with Crippen LogP contribution in [-0.4, -0.2) is 42.5 Å². The van der Waals surface area contributed by atoms with E-state index < -0.39 is 11.9 Å². The van der Waals surface area contributed by atoms with Gasteiger partial charge in [0.05, 0.1) is 13.7 Å². The third-order valence-corrected chi connectivity index (χ3v) is 3.88. The van der Waals surface area contributed by atoms with E-state index >= 15 is 0 Å². The number of carbonyl (C=O) groups is 2. The molecule has 2 N–H and O–H groups in total. The number of carboxylic acid groups (broad SMARTS) is 1. The van der Waals surface area contributed by atoms with Crippen molar-refractivity contribution in [3.63, 3.8) is 0 Å². The molecular weight excluding hydrogens is 336 g/mol. The lowest BCUT2D eigenvalue weighted by Gasteiger charge is -2.11. The van der Waals surface area contributed by atoms with Gasteiger partial charge in [-0.05, 0) is 55.0 Å². The Bertz CT molecular complexity index is 594. The highest BCUT2D eigenvalue weighted by atomic mass is 16.5. The van der Waals surface area contributed by atoms with E-state index in [1.54, 1.807) is 6.08 Å². The normalized spacial score (nSPS) is 10.8. The van der Waals surface area contributed by atoms with E-state index in [0.717, 1.165) is 43.2 Å². The average molecular weight is 364 g/mol. The van der Waals surface area contributed by atoms with Gasteiger partial charge in [-0.3, -0.25) is 4.79 Å². The molecule has 0 spiro atoms. The van der Waals surface area contributed by atoms with Crippen LogP contribution in [0.25, 0.3) is 6.08 Å². The summed E-state index contributed by atoms with van der Waals surface area (Å²) >= 11 is 0. The number of carboxylic acids is 1. The molecule has 1 rings (SSSR count). The molecule has 0 aliphatic carbocycles. The zero-order valence-electron chi connectivity index (χ0n) is 15.3. The molecule has 0 aromatic heterocycles. The van der Waals surface area contributed by atoms with Crippen molar-refractivity contribution < 1.29 is 29.3 Å². The van der Waals surface area contributed by atoms with E-state index in [1.807, 2.05) is 18.2 Å². The molecule has 0 heterocycles. The van der Waals surface area contributed by atoms with Gasteiger partial charge >= 0.3 is 11.9 Å². The van der Waals surface area contributed by atoms with E-state index in [9.17, 15) is 9.59 Å². The van der Waals surface area contributed by atoms with Crippen molar-refractivity contribution in [1.82, 2.24) is 0 Å². The topological polar surface area (TPSA) is 93.1 Å². The predicted molar refractivity (Wildman–Crippen MR) is 99.1 cm³/mol. The van der Waals surface area contributed by atoms with Gasteiger partial charge in [-0.2, -0.15) is 0 Å². The lowest BCUT2D eigenvalue weighted by molar-refractivity contribution is -0.137. The van der Waals surface area contributed by atoms with Gasteiger partial charge in [-0.1, -0.05) is 18.9 Å². The van der Waals surface area contributed by atoms with Crippen LogP contribution in [-0.2, 0) is 20.7 Å². The average Bonchev–Trinajstić information content (AvgIpc) is 2.63. The molecule has 6 nitrogen and oxygen atoms in total. The highest BCUT2D eigenvalue weighted by molar-refractivity contribution is 5.87. The highest BCUT2D eigenvalue weighted by Crippen LogP contribution is 2.22. The summed E-state index contributed by atoms with van der Waals surface area (Å²) in [6.07, 6.45) is 8.30. The van der Waals surface area contributed by atoms with Crippen LogP contribution >= 0.6 is 0 Å². The fourth-order valence-electron chi connectivity index (χ4n) is 2.47. The Labute approximate surface area is 154 Å². The molecule has 0 fully saturated rings. The molecule has 0 atom stereocenters. The standard InChI is InChI=1S/C20H28O6/c1-25-20(24)12-10-17-15-18(26-14-6-8-19(22)23)11-9-16(17)7-4-2-3-5-13-21/h9-12,15,21H,2-8,13-14H2,1H3,(H,22,23)/b12-10+. The molecule has 0 bridgehead atoms. The highest BCUT2D eigenvalue weighted by Gasteiger charge is 2.05.